The predicted molar refractivity (Wildman–Crippen MR) is 76.4 cm³/mol. The molecular formula is C15H19N3O3. The van der Waals surface area contributed by atoms with Crippen molar-refractivity contribution in [3.63, 3.8) is 0 Å². The lowest BCUT2D eigenvalue weighted by Crippen LogP contribution is -2.40. The lowest BCUT2D eigenvalue weighted by molar-refractivity contribution is -0.0838. The monoisotopic (exact) mass is 289 g/mol. The number of likely N-dealkylation sites (N-methyl/N-ethyl adjacent to an activating group) is 1. The lowest BCUT2D eigenvalue weighted by atomic mass is 10.1. The van der Waals surface area contributed by atoms with Crippen molar-refractivity contribution in [2.45, 2.75) is 25.7 Å². The Kier molecular flexibility index (Phi) is 4.01. The van der Waals surface area contributed by atoms with Crippen LogP contribution in [0, 0.1) is 0 Å². The molecule has 0 saturated carbocycles. The van der Waals surface area contributed by atoms with Crippen LogP contribution in [0.25, 0.3) is 11.4 Å². The number of benzene rings is 1. The normalized spacial score (nSPS) is 23.4. The van der Waals surface area contributed by atoms with E-state index in [-0.39, 0.29) is 18.8 Å². The average Bonchev–Trinajstić information content (AvgIpc) is 2.96. The third kappa shape index (κ3) is 3.12. The van der Waals surface area contributed by atoms with Gasteiger partial charge in [0.05, 0.1) is 12.7 Å². The highest BCUT2D eigenvalue weighted by Gasteiger charge is 2.28. The van der Waals surface area contributed by atoms with Gasteiger partial charge in [-0.25, -0.2) is 0 Å². The van der Waals surface area contributed by atoms with Crippen molar-refractivity contribution in [2.24, 2.45) is 0 Å². The van der Waals surface area contributed by atoms with E-state index in [1.165, 1.54) is 0 Å². The van der Waals surface area contributed by atoms with Gasteiger partial charge >= 0.3 is 0 Å². The van der Waals surface area contributed by atoms with Crippen LogP contribution in [0.2, 0.25) is 0 Å². The molecule has 3 rings (SSSR count). The standard InChI is InChI=1S/C15H19N3O3/c1-10-7-18(2)8-13(20-10)15-16-14(17-21-15)12-5-3-4-11(6-12)9-19/h3-6,10,13,19H,7-9H2,1-2H3/t10-,13-/m1/s1. The summed E-state index contributed by atoms with van der Waals surface area (Å²) in [6.07, 6.45) is -0.0529. The maximum Gasteiger partial charge on any atom is 0.257 e. The number of hydrogen-bond acceptors (Lipinski definition) is 6. The summed E-state index contributed by atoms with van der Waals surface area (Å²) in [5.41, 5.74) is 1.65. The minimum absolute atomic E-state index is 0.00735. The molecule has 1 aromatic carbocycles. The molecule has 0 unspecified atom stereocenters. The molecule has 0 radical (unpaired) electrons. The molecule has 0 amide bonds. The molecule has 0 aliphatic carbocycles. The van der Waals surface area contributed by atoms with Crippen molar-refractivity contribution in [3.8, 4) is 11.4 Å². The Hall–Kier alpha value is -1.76. The van der Waals surface area contributed by atoms with Crippen molar-refractivity contribution >= 4 is 0 Å². The SMILES string of the molecule is C[C@@H]1CN(C)C[C@H](c2nc(-c3cccc(CO)c3)no2)O1. The van der Waals surface area contributed by atoms with Gasteiger partial charge in [-0.3, -0.25) is 0 Å². The molecule has 1 aromatic heterocycles. The summed E-state index contributed by atoms with van der Waals surface area (Å²) in [5, 5.41) is 13.2. The Morgan fingerprint density at radius 1 is 1.38 bits per heavy atom. The van der Waals surface area contributed by atoms with Crippen LogP contribution in [0.3, 0.4) is 0 Å². The Labute approximate surface area is 123 Å². The molecular weight excluding hydrogens is 270 g/mol. The highest BCUT2D eigenvalue weighted by Crippen LogP contribution is 2.25. The molecule has 6 nitrogen and oxygen atoms in total. The summed E-state index contributed by atoms with van der Waals surface area (Å²) < 4.78 is 11.2. The number of aromatic nitrogens is 2. The van der Waals surface area contributed by atoms with E-state index in [4.69, 9.17) is 9.26 Å². The smallest absolute Gasteiger partial charge is 0.257 e. The Bertz CT molecular complexity index is 604. The van der Waals surface area contributed by atoms with E-state index in [9.17, 15) is 5.11 Å². The maximum atomic E-state index is 9.19. The number of morpholine rings is 1. The quantitative estimate of drug-likeness (QED) is 0.926. The van der Waals surface area contributed by atoms with Gasteiger partial charge in [-0.2, -0.15) is 4.98 Å². The topological polar surface area (TPSA) is 71.6 Å². The Morgan fingerprint density at radius 3 is 3.00 bits per heavy atom. The highest BCUT2D eigenvalue weighted by molar-refractivity contribution is 5.55. The first-order chi connectivity index (χ1) is 10.2. The number of nitrogens with zero attached hydrogens (tertiary/aromatic N) is 3. The second kappa shape index (κ2) is 5.93. The molecule has 1 N–H and O–H groups in total. The van der Waals surface area contributed by atoms with Crippen molar-refractivity contribution in [1.82, 2.24) is 15.0 Å². The van der Waals surface area contributed by atoms with Gasteiger partial charge in [-0.15, -0.1) is 0 Å². The minimum Gasteiger partial charge on any atom is -0.392 e. The van der Waals surface area contributed by atoms with Crippen LogP contribution in [-0.2, 0) is 11.3 Å². The fourth-order valence-electron chi connectivity index (χ4n) is 2.59. The van der Waals surface area contributed by atoms with Gasteiger partial charge in [0.15, 0.2) is 0 Å². The minimum atomic E-state index is -0.193. The third-order valence-corrected chi connectivity index (χ3v) is 3.53. The van der Waals surface area contributed by atoms with Crippen molar-refractivity contribution in [1.29, 1.82) is 0 Å². The molecule has 1 aliphatic rings. The number of rotatable bonds is 3. The molecule has 2 aromatic rings. The van der Waals surface area contributed by atoms with Crippen LogP contribution in [0.4, 0.5) is 0 Å². The summed E-state index contributed by atoms with van der Waals surface area (Å²) in [4.78, 5) is 6.63. The fourth-order valence-corrected chi connectivity index (χ4v) is 2.59. The molecule has 0 bridgehead atoms. The first-order valence-electron chi connectivity index (χ1n) is 7.03. The summed E-state index contributed by atoms with van der Waals surface area (Å²) >= 11 is 0. The van der Waals surface area contributed by atoms with E-state index in [0.717, 1.165) is 24.2 Å². The highest BCUT2D eigenvalue weighted by atomic mass is 16.5. The van der Waals surface area contributed by atoms with Gasteiger partial charge in [0.1, 0.15) is 6.10 Å². The zero-order valence-electron chi connectivity index (χ0n) is 12.2. The summed E-state index contributed by atoms with van der Waals surface area (Å²) in [7, 11) is 2.05. The van der Waals surface area contributed by atoms with Crippen LogP contribution >= 0.6 is 0 Å². The van der Waals surface area contributed by atoms with Crippen LogP contribution in [-0.4, -0.2) is 46.4 Å². The maximum absolute atomic E-state index is 9.19. The summed E-state index contributed by atoms with van der Waals surface area (Å²) in [5.74, 6) is 1.02. The molecule has 21 heavy (non-hydrogen) atoms. The lowest BCUT2D eigenvalue weighted by Gasteiger charge is -2.32. The molecule has 0 spiro atoms. The number of ether oxygens (including phenoxy) is 1. The molecule has 1 fully saturated rings. The van der Waals surface area contributed by atoms with Gasteiger partial charge in [-0.05, 0) is 25.6 Å². The molecule has 2 heterocycles. The van der Waals surface area contributed by atoms with Crippen molar-refractivity contribution in [2.75, 3.05) is 20.1 Å². The second-order valence-corrected chi connectivity index (χ2v) is 5.47. The Balaban J connectivity index is 1.82. The van der Waals surface area contributed by atoms with Crippen molar-refractivity contribution < 1.29 is 14.4 Å². The van der Waals surface area contributed by atoms with E-state index < -0.39 is 0 Å². The van der Waals surface area contributed by atoms with E-state index >= 15 is 0 Å². The van der Waals surface area contributed by atoms with E-state index in [1.807, 2.05) is 38.2 Å². The average molecular weight is 289 g/mol. The molecule has 2 atom stereocenters. The first kappa shape index (κ1) is 14.2. The van der Waals surface area contributed by atoms with Gasteiger partial charge in [-0.1, -0.05) is 23.4 Å². The number of aliphatic hydroxyl groups excluding tert-OH is 1. The van der Waals surface area contributed by atoms with Crippen LogP contribution < -0.4 is 0 Å². The van der Waals surface area contributed by atoms with Gasteiger partial charge < -0.3 is 19.3 Å². The van der Waals surface area contributed by atoms with E-state index in [1.54, 1.807) is 0 Å². The van der Waals surface area contributed by atoms with Gasteiger partial charge in [0, 0.05) is 18.7 Å². The zero-order valence-corrected chi connectivity index (χ0v) is 12.2. The third-order valence-electron chi connectivity index (χ3n) is 3.53. The van der Waals surface area contributed by atoms with Gasteiger partial charge in [0.25, 0.3) is 5.89 Å². The predicted octanol–water partition coefficient (Wildman–Crippen LogP) is 1.62. The Morgan fingerprint density at radius 2 is 2.24 bits per heavy atom. The molecule has 1 aliphatic heterocycles. The van der Waals surface area contributed by atoms with Crippen LogP contribution in [0.15, 0.2) is 28.8 Å². The van der Waals surface area contributed by atoms with E-state index in [0.29, 0.717) is 11.7 Å². The molecule has 1 saturated heterocycles. The zero-order chi connectivity index (χ0) is 14.8. The number of hydrogen-bond donors (Lipinski definition) is 1. The molecule has 6 heteroatoms. The number of aliphatic hydroxyl groups is 1. The van der Waals surface area contributed by atoms with E-state index in [2.05, 4.69) is 15.0 Å². The van der Waals surface area contributed by atoms with Crippen molar-refractivity contribution in [3.05, 3.63) is 35.7 Å². The fraction of sp³-hybridized carbons (Fsp3) is 0.467. The molecule has 112 valence electrons. The van der Waals surface area contributed by atoms with Crippen LogP contribution in [0.1, 0.15) is 24.5 Å². The first-order valence-corrected chi connectivity index (χ1v) is 7.03. The summed E-state index contributed by atoms with van der Waals surface area (Å²) in [6, 6.07) is 7.46. The van der Waals surface area contributed by atoms with Gasteiger partial charge in [0.2, 0.25) is 5.82 Å². The summed E-state index contributed by atoms with van der Waals surface area (Å²) in [6.45, 7) is 3.66. The largest absolute Gasteiger partial charge is 0.392 e. The van der Waals surface area contributed by atoms with Crippen LogP contribution in [0.5, 0.6) is 0 Å². The second-order valence-electron chi connectivity index (χ2n) is 5.47.